The van der Waals surface area contributed by atoms with Crippen LogP contribution in [0.15, 0.2) is 48.5 Å². The van der Waals surface area contributed by atoms with E-state index >= 15 is 0 Å². The summed E-state index contributed by atoms with van der Waals surface area (Å²) in [5.74, 6) is -0.519. The molecule has 0 saturated carbocycles. The van der Waals surface area contributed by atoms with Gasteiger partial charge in [0.25, 0.3) is 0 Å². The van der Waals surface area contributed by atoms with Crippen molar-refractivity contribution < 1.29 is 23.9 Å². The summed E-state index contributed by atoms with van der Waals surface area (Å²) in [5.41, 5.74) is 1.91. The number of carbonyl (C=O) groups excluding carboxylic acids is 3. The molecule has 1 atom stereocenters. The van der Waals surface area contributed by atoms with Crippen LogP contribution in [-0.2, 0) is 14.3 Å². The van der Waals surface area contributed by atoms with E-state index < -0.39 is 5.97 Å². The van der Waals surface area contributed by atoms with Crippen LogP contribution in [0.3, 0.4) is 0 Å². The van der Waals surface area contributed by atoms with Crippen molar-refractivity contribution >= 4 is 23.3 Å². The Labute approximate surface area is 151 Å². The van der Waals surface area contributed by atoms with Crippen LogP contribution in [0.2, 0.25) is 0 Å². The Bertz CT molecular complexity index is 831. The maximum Gasteiger partial charge on any atom is 0.309 e. The highest BCUT2D eigenvalue weighted by Gasteiger charge is 2.27. The molecule has 1 heterocycles. The molecule has 0 radical (unpaired) electrons. The highest BCUT2D eigenvalue weighted by molar-refractivity contribution is 6.05. The molecule has 1 amide bonds. The summed E-state index contributed by atoms with van der Waals surface area (Å²) in [6.07, 6.45) is 0.0574. The van der Waals surface area contributed by atoms with Gasteiger partial charge in [0.1, 0.15) is 5.75 Å². The number of para-hydroxylation sites is 1. The summed E-state index contributed by atoms with van der Waals surface area (Å²) >= 11 is 0. The highest BCUT2D eigenvalue weighted by Crippen LogP contribution is 2.32. The van der Waals surface area contributed by atoms with E-state index in [4.69, 9.17) is 9.47 Å². The average molecular weight is 353 g/mol. The topological polar surface area (TPSA) is 81.7 Å². The minimum Gasteiger partial charge on any atom is -0.493 e. The number of hydrogen-bond donors (Lipinski definition) is 1. The summed E-state index contributed by atoms with van der Waals surface area (Å²) in [7, 11) is 0. The Hall–Kier alpha value is -3.15. The molecule has 26 heavy (non-hydrogen) atoms. The molecule has 2 aromatic rings. The molecule has 0 bridgehead atoms. The molecule has 0 spiro atoms. The largest absolute Gasteiger partial charge is 0.493 e. The molecule has 6 heteroatoms. The Kier molecular flexibility index (Phi) is 5.31. The number of ether oxygens (including phenoxy) is 2. The molecule has 1 N–H and O–H groups in total. The van der Waals surface area contributed by atoms with E-state index in [2.05, 4.69) is 5.32 Å². The van der Waals surface area contributed by atoms with Crippen molar-refractivity contribution in [1.29, 1.82) is 0 Å². The van der Waals surface area contributed by atoms with Gasteiger partial charge in [0.15, 0.2) is 12.4 Å². The Balaban J connectivity index is 1.47. The summed E-state index contributed by atoms with van der Waals surface area (Å²) in [6, 6.07) is 14.1. The number of esters is 1. The molecule has 0 fully saturated rings. The molecule has 2 aromatic carbocycles. The van der Waals surface area contributed by atoms with E-state index in [1.807, 2.05) is 18.2 Å². The second-order valence-corrected chi connectivity index (χ2v) is 6.01. The van der Waals surface area contributed by atoms with Crippen molar-refractivity contribution in [3.8, 4) is 5.75 Å². The van der Waals surface area contributed by atoms with Gasteiger partial charge >= 0.3 is 5.97 Å². The van der Waals surface area contributed by atoms with Crippen LogP contribution in [0.4, 0.5) is 5.69 Å². The van der Waals surface area contributed by atoms with E-state index in [0.717, 1.165) is 5.56 Å². The summed E-state index contributed by atoms with van der Waals surface area (Å²) in [6.45, 7) is 1.63. The maximum absolute atomic E-state index is 12.2. The maximum atomic E-state index is 12.2. The number of ketones is 1. The van der Waals surface area contributed by atoms with Crippen LogP contribution in [-0.4, -0.2) is 30.9 Å². The van der Waals surface area contributed by atoms with Gasteiger partial charge in [-0.2, -0.15) is 0 Å². The Morgan fingerprint density at radius 3 is 2.65 bits per heavy atom. The molecular weight excluding hydrogens is 334 g/mol. The standard InChI is InChI=1S/C20H19NO5/c1-13-16-11-14(7-8-17(16)21-20(13)24)18(22)12-26-19(23)9-10-25-15-5-3-2-4-6-15/h2-8,11,13H,9-10,12H2,1H3,(H,21,24)/t13-/m1/s1. The minimum absolute atomic E-state index is 0.0574. The molecule has 0 aliphatic carbocycles. The SMILES string of the molecule is C[C@H]1C(=O)Nc2ccc(C(=O)COC(=O)CCOc3ccccc3)cc21. The number of anilines is 1. The highest BCUT2D eigenvalue weighted by atomic mass is 16.5. The summed E-state index contributed by atoms with van der Waals surface area (Å²) in [5, 5.41) is 2.75. The fourth-order valence-corrected chi connectivity index (χ4v) is 2.66. The Morgan fingerprint density at radius 2 is 1.88 bits per heavy atom. The molecular formula is C20H19NO5. The molecule has 134 valence electrons. The number of fused-ring (bicyclic) bond motifs is 1. The first kappa shape index (κ1) is 17.7. The number of rotatable bonds is 7. The first-order valence-corrected chi connectivity index (χ1v) is 8.36. The van der Waals surface area contributed by atoms with Crippen LogP contribution >= 0.6 is 0 Å². The van der Waals surface area contributed by atoms with Crippen molar-refractivity contribution in [3.63, 3.8) is 0 Å². The molecule has 6 nitrogen and oxygen atoms in total. The van der Waals surface area contributed by atoms with E-state index in [1.54, 1.807) is 37.3 Å². The van der Waals surface area contributed by atoms with Gasteiger partial charge in [-0.25, -0.2) is 0 Å². The van der Waals surface area contributed by atoms with E-state index in [1.165, 1.54) is 0 Å². The van der Waals surface area contributed by atoms with Crippen molar-refractivity contribution in [2.24, 2.45) is 0 Å². The lowest BCUT2D eigenvalue weighted by Gasteiger charge is -2.08. The predicted molar refractivity (Wildman–Crippen MR) is 95.3 cm³/mol. The third kappa shape index (κ3) is 4.08. The van der Waals surface area contributed by atoms with Gasteiger partial charge in [0.05, 0.1) is 18.9 Å². The van der Waals surface area contributed by atoms with Gasteiger partial charge in [-0.3, -0.25) is 14.4 Å². The molecule has 0 unspecified atom stereocenters. The fraction of sp³-hybridized carbons (Fsp3) is 0.250. The van der Waals surface area contributed by atoms with Crippen molar-refractivity contribution in [1.82, 2.24) is 0 Å². The van der Waals surface area contributed by atoms with Gasteiger partial charge in [-0.1, -0.05) is 18.2 Å². The zero-order valence-corrected chi connectivity index (χ0v) is 14.4. The first-order valence-electron chi connectivity index (χ1n) is 8.36. The summed E-state index contributed by atoms with van der Waals surface area (Å²) in [4.78, 5) is 35.6. The monoisotopic (exact) mass is 353 g/mol. The number of benzene rings is 2. The number of carbonyl (C=O) groups is 3. The fourth-order valence-electron chi connectivity index (χ4n) is 2.66. The second-order valence-electron chi connectivity index (χ2n) is 6.01. The van der Waals surface area contributed by atoms with Crippen LogP contribution in [0.25, 0.3) is 0 Å². The van der Waals surface area contributed by atoms with Gasteiger partial charge in [-0.05, 0) is 42.8 Å². The normalized spacial score (nSPS) is 15.1. The quantitative estimate of drug-likeness (QED) is 0.611. The molecule has 1 aliphatic heterocycles. The lowest BCUT2D eigenvalue weighted by atomic mass is 9.99. The molecule has 0 saturated heterocycles. The second kappa shape index (κ2) is 7.82. The van der Waals surface area contributed by atoms with Gasteiger partial charge < -0.3 is 14.8 Å². The van der Waals surface area contributed by atoms with E-state index in [0.29, 0.717) is 17.0 Å². The number of hydrogen-bond acceptors (Lipinski definition) is 5. The third-order valence-electron chi connectivity index (χ3n) is 4.17. The number of nitrogens with one attached hydrogen (secondary N) is 1. The minimum atomic E-state index is -0.499. The number of amides is 1. The average Bonchev–Trinajstić information content (AvgIpc) is 2.94. The lowest BCUT2D eigenvalue weighted by Crippen LogP contribution is -2.16. The predicted octanol–water partition coefficient (Wildman–Crippen LogP) is 2.94. The van der Waals surface area contributed by atoms with E-state index in [-0.39, 0.29) is 37.2 Å². The van der Waals surface area contributed by atoms with Crippen LogP contribution < -0.4 is 10.1 Å². The van der Waals surface area contributed by atoms with Crippen molar-refractivity contribution in [2.45, 2.75) is 19.3 Å². The van der Waals surface area contributed by atoms with Crippen LogP contribution in [0.5, 0.6) is 5.75 Å². The van der Waals surface area contributed by atoms with Gasteiger partial charge in [-0.15, -0.1) is 0 Å². The zero-order chi connectivity index (χ0) is 18.5. The first-order chi connectivity index (χ1) is 12.5. The Morgan fingerprint density at radius 1 is 1.12 bits per heavy atom. The van der Waals surface area contributed by atoms with Crippen LogP contribution in [0, 0.1) is 0 Å². The third-order valence-corrected chi connectivity index (χ3v) is 4.17. The molecule has 0 aromatic heterocycles. The van der Waals surface area contributed by atoms with Gasteiger partial charge in [0, 0.05) is 11.3 Å². The summed E-state index contributed by atoms with van der Waals surface area (Å²) < 4.78 is 10.4. The molecule has 1 aliphatic rings. The van der Waals surface area contributed by atoms with Gasteiger partial charge in [0.2, 0.25) is 5.91 Å². The van der Waals surface area contributed by atoms with Crippen molar-refractivity contribution in [3.05, 3.63) is 59.7 Å². The van der Waals surface area contributed by atoms with Crippen LogP contribution in [0.1, 0.15) is 35.2 Å². The lowest BCUT2D eigenvalue weighted by molar-refractivity contribution is -0.143. The smallest absolute Gasteiger partial charge is 0.309 e. The van der Waals surface area contributed by atoms with Crippen molar-refractivity contribution in [2.75, 3.05) is 18.5 Å². The number of Topliss-reactive ketones (excluding diaryl/α,β-unsaturated/α-hetero) is 1. The molecule has 3 rings (SSSR count). The van der Waals surface area contributed by atoms with E-state index in [9.17, 15) is 14.4 Å². The zero-order valence-electron chi connectivity index (χ0n) is 14.4.